The van der Waals surface area contributed by atoms with Crippen molar-refractivity contribution in [1.82, 2.24) is 0 Å². The van der Waals surface area contributed by atoms with E-state index in [-0.39, 0.29) is 10.5 Å². The molecule has 0 aromatic rings. The van der Waals surface area contributed by atoms with Gasteiger partial charge in [0.2, 0.25) is 0 Å². The monoisotopic (exact) mass is 223 g/mol. The number of hydrogen-bond donors (Lipinski definition) is 4. The van der Waals surface area contributed by atoms with Crippen molar-refractivity contribution in [3.8, 4) is 0 Å². The molecule has 4 nitrogen and oxygen atoms in total. The third-order valence-corrected chi connectivity index (χ3v) is 5.31. The van der Waals surface area contributed by atoms with Crippen LogP contribution in [-0.2, 0) is 0 Å². The third kappa shape index (κ3) is 1.49. The molecule has 0 aromatic carbocycles. The number of aliphatic hydroxyl groups excluding tert-OH is 4. The van der Waals surface area contributed by atoms with Crippen molar-refractivity contribution in [2.24, 2.45) is 0 Å². The molecular formula is C7H11O4S2. The topological polar surface area (TPSA) is 80.9 Å². The van der Waals surface area contributed by atoms with Crippen LogP contribution in [0.3, 0.4) is 0 Å². The quantitative estimate of drug-likeness (QED) is 0.412. The Labute approximate surface area is 84.3 Å². The van der Waals surface area contributed by atoms with E-state index in [2.05, 4.69) is 0 Å². The molecule has 2 fully saturated rings. The van der Waals surface area contributed by atoms with Crippen molar-refractivity contribution in [3.63, 3.8) is 0 Å². The van der Waals surface area contributed by atoms with E-state index in [1.54, 1.807) is 0 Å². The summed E-state index contributed by atoms with van der Waals surface area (Å²) in [6.45, 7) is 0. The van der Waals surface area contributed by atoms with Crippen LogP contribution >= 0.6 is 23.5 Å². The zero-order chi connectivity index (χ0) is 9.59. The van der Waals surface area contributed by atoms with Crippen molar-refractivity contribution in [2.75, 3.05) is 0 Å². The minimum atomic E-state index is -1.24. The fourth-order valence-corrected chi connectivity index (χ4v) is 4.60. The lowest BCUT2D eigenvalue weighted by Gasteiger charge is -2.39. The Morgan fingerprint density at radius 1 is 0.692 bits per heavy atom. The molecule has 1 heterocycles. The van der Waals surface area contributed by atoms with E-state index in [9.17, 15) is 20.4 Å². The SMILES string of the molecule is OC1C(O)C(O)C2S[CH]SC2C1O. The molecule has 1 saturated heterocycles. The largest absolute Gasteiger partial charge is 0.389 e. The first-order chi connectivity index (χ1) is 6.13. The van der Waals surface area contributed by atoms with Crippen LogP contribution in [0.1, 0.15) is 0 Å². The van der Waals surface area contributed by atoms with Gasteiger partial charge in [-0.2, -0.15) is 0 Å². The molecule has 0 bridgehead atoms. The second-order valence-corrected chi connectivity index (χ2v) is 5.66. The van der Waals surface area contributed by atoms with E-state index in [0.29, 0.717) is 0 Å². The lowest BCUT2D eigenvalue weighted by Crippen LogP contribution is -2.60. The summed E-state index contributed by atoms with van der Waals surface area (Å²) in [6.07, 6.45) is -4.40. The molecule has 75 valence electrons. The normalized spacial score (nSPS) is 56.3. The molecule has 2 rings (SSSR count). The summed E-state index contributed by atoms with van der Waals surface area (Å²) < 4.78 is 0. The van der Waals surface area contributed by atoms with Crippen LogP contribution in [0.5, 0.6) is 0 Å². The summed E-state index contributed by atoms with van der Waals surface area (Å²) in [5, 5.41) is 39.3. The van der Waals surface area contributed by atoms with Gasteiger partial charge in [0.25, 0.3) is 0 Å². The molecule has 4 N–H and O–H groups in total. The Bertz CT molecular complexity index is 183. The molecule has 13 heavy (non-hydrogen) atoms. The third-order valence-electron chi connectivity index (χ3n) is 2.47. The maximum absolute atomic E-state index is 9.56. The number of thioether (sulfide) groups is 2. The van der Waals surface area contributed by atoms with E-state index in [1.165, 1.54) is 23.5 Å². The van der Waals surface area contributed by atoms with Gasteiger partial charge in [-0.3, -0.25) is 0 Å². The fourth-order valence-electron chi connectivity index (χ4n) is 1.66. The number of aliphatic hydroxyl groups is 4. The first-order valence-electron chi connectivity index (χ1n) is 3.98. The summed E-state index contributed by atoms with van der Waals surface area (Å²) in [7, 11) is 0. The van der Waals surface area contributed by atoms with Gasteiger partial charge in [-0.05, 0) is 0 Å². The smallest absolute Gasteiger partial charge is 0.109 e. The van der Waals surface area contributed by atoms with E-state index >= 15 is 0 Å². The van der Waals surface area contributed by atoms with Gasteiger partial charge in [-0.1, -0.05) is 0 Å². The summed E-state index contributed by atoms with van der Waals surface area (Å²) >= 11 is 2.80. The second-order valence-electron chi connectivity index (χ2n) is 3.26. The van der Waals surface area contributed by atoms with Gasteiger partial charge in [0, 0.05) is 10.5 Å². The first-order valence-corrected chi connectivity index (χ1v) is 5.86. The Morgan fingerprint density at radius 3 is 1.46 bits per heavy atom. The predicted molar refractivity (Wildman–Crippen MR) is 51.1 cm³/mol. The summed E-state index contributed by atoms with van der Waals surface area (Å²) in [5.74, 6) is 0. The van der Waals surface area contributed by atoms with Gasteiger partial charge in [0.05, 0.1) is 17.3 Å². The van der Waals surface area contributed by atoms with E-state index < -0.39 is 24.4 Å². The average molecular weight is 223 g/mol. The van der Waals surface area contributed by atoms with Gasteiger partial charge in [0.15, 0.2) is 0 Å². The highest BCUT2D eigenvalue weighted by Crippen LogP contribution is 2.47. The number of rotatable bonds is 0. The van der Waals surface area contributed by atoms with Crippen molar-refractivity contribution in [3.05, 3.63) is 5.08 Å². The van der Waals surface area contributed by atoms with Crippen LogP contribution in [0.2, 0.25) is 0 Å². The van der Waals surface area contributed by atoms with E-state index in [4.69, 9.17) is 0 Å². The van der Waals surface area contributed by atoms with Crippen LogP contribution in [0.4, 0.5) is 0 Å². The summed E-state index contributed by atoms with van der Waals surface area (Å²) in [5.41, 5.74) is 0. The number of hydrogen-bond acceptors (Lipinski definition) is 6. The lowest BCUT2D eigenvalue weighted by molar-refractivity contribution is -0.128. The predicted octanol–water partition coefficient (Wildman–Crippen LogP) is -1.22. The molecule has 0 amide bonds. The molecule has 1 aliphatic heterocycles. The van der Waals surface area contributed by atoms with E-state index in [0.717, 1.165) is 0 Å². The summed E-state index contributed by atoms with van der Waals surface area (Å²) in [6, 6.07) is 0. The molecule has 6 heteroatoms. The molecular weight excluding hydrogens is 212 g/mol. The van der Waals surface area contributed by atoms with Crippen LogP contribution < -0.4 is 0 Å². The maximum Gasteiger partial charge on any atom is 0.109 e. The Balaban J connectivity index is 2.19. The zero-order valence-electron chi connectivity index (χ0n) is 6.65. The Hall–Kier alpha value is 0.540. The molecule has 2 aliphatic rings. The molecule has 6 unspecified atom stereocenters. The highest BCUT2D eigenvalue weighted by molar-refractivity contribution is 8.23. The van der Waals surface area contributed by atoms with Crippen LogP contribution in [0, 0.1) is 5.08 Å². The first kappa shape index (κ1) is 10.1. The van der Waals surface area contributed by atoms with Crippen LogP contribution in [0.15, 0.2) is 0 Å². The standard InChI is InChI=1S/C7H11O4S2/c8-2-3(9)5(11)7-6(4(2)10)12-1-13-7/h1-11H. The minimum Gasteiger partial charge on any atom is -0.389 e. The molecule has 0 spiro atoms. The zero-order valence-corrected chi connectivity index (χ0v) is 8.28. The van der Waals surface area contributed by atoms with Crippen molar-refractivity contribution >= 4 is 23.5 Å². The van der Waals surface area contributed by atoms with Crippen molar-refractivity contribution in [1.29, 1.82) is 0 Å². The van der Waals surface area contributed by atoms with Crippen LogP contribution in [-0.4, -0.2) is 55.3 Å². The van der Waals surface area contributed by atoms with Crippen molar-refractivity contribution < 1.29 is 20.4 Å². The molecule has 6 atom stereocenters. The Kier molecular flexibility index (Phi) is 2.79. The van der Waals surface area contributed by atoms with Gasteiger partial charge < -0.3 is 20.4 Å². The highest BCUT2D eigenvalue weighted by atomic mass is 32.2. The van der Waals surface area contributed by atoms with Crippen LogP contribution in [0.25, 0.3) is 0 Å². The highest BCUT2D eigenvalue weighted by Gasteiger charge is 2.51. The average Bonchev–Trinajstić information content (AvgIpc) is 2.59. The summed E-state index contributed by atoms with van der Waals surface area (Å²) in [4.78, 5) is 0. The van der Waals surface area contributed by atoms with Gasteiger partial charge in [0.1, 0.15) is 12.2 Å². The maximum atomic E-state index is 9.56. The fraction of sp³-hybridized carbons (Fsp3) is 0.857. The molecule has 1 radical (unpaired) electrons. The molecule has 1 saturated carbocycles. The molecule has 1 aliphatic carbocycles. The second kappa shape index (κ2) is 3.60. The minimum absolute atomic E-state index is 0.210. The van der Waals surface area contributed by atoms with Gasteiger partial charge in [-0.15, -0.1) is 23.5 Å². The van der Waals surface area contributed by atoms with Crippen molar-refractivity contribution in [2.45, 2.75) is 34.9 Å². The van der Waals surface area contributed by atoms with Gasteiger partial charge >= 0.3 is 0 Å². The molecule has 0 aromatic heterocycles. The van der Waals surface area contributed by atoms with Gasteiger partial charge in [-0.25, -0.2) is 0 Å². The number of fused-ring (bicyclic) bond motifs is 1. The Morgan fingerprint density at radius 2 is 1.08 bits per heavy atom. The van der Waals surface area contributed by atoms with E-state index in [1.807, 2.05) is 5.08 Å². The lowest BCUT2D eigenvalue weighted by atomic mass is 9.89.